The SMILES string of the molecule is CN=C(NCc1nccn1CC(C)C)N1CCC(CN2CCCC2)C1. The van der Waals surface area contributed by atoms with Crippen molar-refractivity contribution in [3.05, 3.63) is 18.2 Å². The Kier molecular flexibility index (Phi) is 6.34. The third kappa shape index (κ3) is 4.97. The smallest absolute Gasteiger partial charge is 0.194 e. The minimum absolute atomic E-state index is 0.622. The summed E-state index contributed by atoms with van der Waals surface area (Å²) in [6.45, 7) is 12.3. The van der Waals surface area contributed by atoms with Gasteiger partial charge in [-0.15, -0.1) is 0 Å². The van der Waals surface area contributed by atoms with E-state index in [1.807, 2.05) is 13.2 Å². The molecule has 2 aliphatic rings. The van der Waals surface area contributed by atoms with E-state index in [9.17, 15) is 0 Å². The first kappa shape index (κ1) is 18.2. The molecule has 1 aromatic heterocycles. The Morgan fingerprint density at radius 1 is 1.32 bits per heavy atom. The van der Waals surface area contributed by atoms with Crippen LogP contribution in [0.4, 0.5) is 0 Å². The topological polar surface area (TPSA) is 48.7 Å². The highest BCUT2D eigenvalue weighted by Crippen LogP contribution is 2.20. The molecule has 6 nitrogen and oxygen atoms in total. The van der Waals surface area contributed by atoms with E-state index in [4.69, 9.17) is 0 Å². The van der Waals surface area contributed by atoms with Gasteiger partial charge in [0.15, 0.2) is 5.96 Å². The van der Waals surface area contributed by atoms with E-state index in [1.165, 1.54) is 38.9 Å². The molecule has 3 rings (SSSR count). The number of imidazole rings is 1. The lowest BCUT2D eigenvalue weighted by Gasteiger charge is -2.23. The van der Waals surface area contributed by atoms with Crippen molar-refractivity contribution in [2.75, 3.05) is 39.8 Å². The average Bonchev–Trinajstić information content (AvgIpc) is 3.31. The van der Waals surface area contributed by atoms with Crippen LogP contribution >= 0.6 is 0 Å². The molecular formula is C19H34N6. The highest BCUT2D eigenvalue weighted by atomic mass is 15.3. The average molecular weight is 347 g/mol. The van der Waals surface area contributed by atoms with Crippen molar-refractivity contribution in [3.8, 4) is 0 Å². The van der Waals surface area contributed by atoms with Crippen LogP contribution in [0.15, 0.2) is 17.4 Å². The number of rotatable bonds is 6. The van der Waals surface area contributed by atoms with Gasteiger partial charge in [-0.05, 0) is 44.2 Å². The molecule has 0 spiro atoms. The van der Waals surface area contributed by atoms with Crippen molar-refractivity contribution in [1.82, 2.24) is 24.7 Å². The lowest BCUT2D eigenvalue weighted by atomic mass is 10.1. The van der Waals surface area contributed by atoms with E-state index in [-0.39, 0.29) is 0 Å². The molecule has 2 aliphatic heterocycles. The number of aliphatic imine (C=N–C) groups is 1. The molecule has 0 aromatic carbocycles. The lowest BCUT2D eigenvalue weighted by molar-refractivity contribution is 0.281. The normalized spacial score (nSPS) is 22.3. The fraction of sp³-hybridized carbons (Fsp3) is 0.789. The summed E-state index contributed by atoms with van der Waals surface area (Å²) in [5.41, 5.74) is 0. The van der Waals surface area contributed by atoms with Crippen LogP contribution in [0, 0.1) is 11.8 Å². The molecule has 1 aromatic rings. The number of nitrogens with zero attached hydrogens (tertiary/aromatic N) is 5. The minimum atomic E-state index is 0.622. The zero-order chi connectivity index (χ0) is 17.6. The number of hydrogen-bond acceptors (Lipinski definition) is 3. The maximum absolute atomic E-state index is 4.51. The van der Waals surface area contributed by atoms with Gasteiger partial charge in [0.2, 0.25) is 0 Å². The summed E-state index contributed by atoms with van der Waals surface area (Å²) >= 11 is 0. The number of aromatic nitrogens is 2. The van der Waals surface area contributed by atoms with Crippen molar-refractivity contribution in [2.45, 2.75) is 46.2 Å². The summed E-state index contributed by atoms with van der Waals surface area (Å²) < 4.78 is 2.24. The summed E-state index contributed by atoms with van der Waals surface area (Å²) in [5.74, 6) is 3.50. The van der Waals surface area contributed by atoms with E-state index in [0.717, 1.165) is 43.9 Å². The Morgan fingerprint density at radius 3 is 2.84 bits per heavy atom. The van der Waals surface area contributed by atoms with Gasteiger partial charge in [0, 0.05) is 45.6 Å². The van der Waals surface area contributed by atoms with Crippen molar-refractivity contribution in [2.24, 2.45) is 16.8 Å². The largest absolute Gasteiger partial charge is 0.349 e. The fourth-order valence-electron chi connectivity index (χ4n) is 4.06. The van der Waals surface area contributed by atoms with E-state index in [1.54, 1.807) is 0 Å². The summed E-state index contributed by atoms with van der Waals surface area (Å²) in [4.78, 5) is 14.1. The molecule has 1 N–H and O–H groups in total. The first-order chi connectivity index (χ1) is 12.2. The van der Waals surface area contributed by atoms with E-state index >= 15 is 0 Å². The van der Waals surface area contributed by atoms with Crippen molar-refractivity contribution < 1.29 is 0 Å². The van der Waals surface area contributed by atoms with Crippen LogP contribution in [-0.2, 0) is 13.1 Å². The van der Waals surface area contributed by atoms with E-state index in [0.29, 0.717) is 5.92 Å². The summed E-state index contributed by atoms with van der Waals surface area (Å²) in [6.07, 6.45) is 8.00. The Bertz CT molecular complexity index is 558. The molecule has 0 bridgehead atoms. The molecular weight excluding hydrogens is 312 g/mol. The van der Waals surface area contributed by atoms with Gasteiger partial charge in [-0.1, -0.05) is 13.8 Å². The zero-order valence-electron chi connectivity index (χ0n) is 16.1. The van der Waals surface area contributed by atoms with Crippen LogP contribution < -0.4 is 5.32 Å². The van der Waals surface area contributed by atoms with Gasteiger partial charge in [-0.2, -0.15) is 0 Å². The lowest BCUT2D eigenvalue weighted by Crippen LogP contribution is -2.40. The molecule has 2 saturated heterocycles. The molecule has 2 fully saturated rings. The van der Waals surface area contributed by atoms with Crippen LogP contribution in [-0.4, -0.2) is 65.1 Å². The zero-order valence-corrected chi connectivity index (χ0v) is 16.1. The fourth-order valence-corrected chi connectivity index (χ4v) is 4.06. The highest BCUT2D eigenvalue weighted by Gasteiger charge is 2.27. The van der Waals surface area contributed by atoms with Crippen molar-refractivity contribution >= 4 is 5.96 Å². The molecule has 1 atom stereocenters. The van der Waals surface area contributed by atoms with Gasteiger partial charge in [-0.3, -0.25) is 4.99 Å². The number of guanidine groups is 1. The van der Waals surface area contributed by atoms with Crippen LogP contribution in [0.5, 0.6) is 0 Å². The summed E-state index contributed by atoms with van der Waals surface area (Å²) in [7, 11) is 1.89. The van der Waals surface area contributed by atoms with E-state index < -0.39 is 0 Å². The van der Waals surface area contributed by atoms with E-state index in [2.05, 4.69) is 49.7 Å². The molecule has 1 unspecified atom stereocenters. The van der Waals surface area contributed by atoms with Gasteiger partial charge in [0.1, 0.15) is 5.82 Å². The predicted octanol–water partition coefficient (Wildman–Crippen LogP) is 2.03. The number of likely N-dealkylation sites (tertiary alicyclic amines) is 2. The summed E-state index contributed by atoms with van der Waals surface area (Å²) in [6, 6.07) is 0. The molecule has 0 saturated carbocycles. The maximum atomic E-state index is 4.51. The molecule has 0 amide bonds. The van der Waals surface area contributed by atoms with Gasteiger partial charge >= 0.3 is 0 Å². The third-order valence-corrected chi connectivity index (χ3v) is 5.28. The highest BCUT2D eigenvalue weighted by molar-refractivity contribution is 5.80. The first-order valence-corrected chi connectivity index (χ1v) is 9.83. The quantitative estimate of drug-likeness (QED) is 0.632. The predicted molar refractivity (Wildman–Crippen MR) is 103 cm³/mol. The van der Waals surface area contributed by atoms with Gasteiger partial charge in [0.25, 0.3) is 0 Å². The first-order valence-electron chi connectivity index (χ1n) is 9.83. The Labute approximate surface area is 152 Å². The van der Waals surface area contributed by atoms with Crippen molar-refractivity contribution in [3.63, 3.8) is 0 Å². The Morgan fingerprint density at radius 2 is 2.12 bits per heavy atom. The second-order valence-corrected chi connectivity index (χ2v) is 7.90. The second-order valence-electron chi connectivity index (χ2n) is 7.90. The molecule has 0 radical (unpaired) electrons. The standard InChI is InChI=1S/C19H34N6/c1-16(2)13-24-11-7-21-18(24)12-22-19(20-3)25-10-6-17(15-25)14-23-8-4-5-9-23/h7,11,16-17H,4-6,8-10,12-15H2,1-3H3,(H,20,22). The Hall–Kier alpha value is -1.56. The summed E-state index contributed by atoms with van der Waals surface area (Å²) in [5, 5.41) is 3.52. The van der Waals surface area contributed by atoms with Crippen molar-refractivity contribution in [1.29, 1.82) is 0 Å². The van der Waals surface area contributed by atoms with Gasteiger partial charge in [0.05, 0.1) is 6.54 Å². The maximum Gasteiger partial charge on any atom is 0.194 e. The van der Waals surface area contributed by atoms with Crippen LogP contribution in [0.1, 0.15) is 38.9 Å². The molecule has 140 valence electrons. The molecule has 3 heterocycles. The van der Waals surface area contributed by atoms with Crippen LogP contribution in [0.3, 0.4) is 0 Å². The van der Waals surface area contributed by atoms with Crippen LogP contribution in [0.2, 0.25) is 0 Å². The third-order valence-electron chi connectivity index (χ3n) is 5.28. The molecule has 6 heteroatoms. The second kappa shape index (κ2) is 8.70. The molecule has 0 aliphatic carbocycles. The number of nitrogens with one attached hydrogen (secondary N) is 1. The van der Waals surface area contributed by atoms with Crippen LogP contribution in [0.25, 0.3) is 0 Å². The van der Waals surface area contributed by atoms with Gasteiger partial charge < -0.3 is 19.7 Å². The monoisotopic (exact) mass is 346 g/mol. The van der Waals surface area contributed by atoms with Gasteiger partial charge in [-0.25, -0.2) is 4.98 Å². The Balaban J connectivity index is 1.49. The minimum Gasteiger partial charge on any atom is -0.349 e. The molecule has 25 heavy (non-hydrogen) atoms. The number of hydrogen-bond donors (Lipinski definition) is 1.